The van der Waals surface area contributed by atoms with E-state index in [1.165, 1.54) is 17.1 Å². The lowest BCUT2D eigenvalue weighted by molar-refractivity contribution is 0.136. The van der Waals surface area contributed by atoms with Crippen LogP contribution in [0.4, 0.5) is 13.6 Å². The maximum atomic E-state index is 13.7. The maximum Gasteiger partial charge on any atom is 0.341 e. The third kappa shape index (κ3) is 3.08. The topological polar surface area (TPSA) is 48.8 Å². The Morgan fingerprint density at radius 2 is 2.00 bits per heavy atom. The van der Waals surface area contributed by atoms with Gasteiger partial charge in [0.25, 0.3) is 0 Å². The summed E-state index contributed by atoms with van der Waals surface area (Å²) in [6, 6.07) is 7.28. The Morgan fingerprint density at radius 3 is 2.77 bits per heavy atom. The van der Waals surface area contributed by atoms with Crippen molar-refractivity contribution < 1.29 is 13.6 Å². The standard InChI is InChI=1S/C19H16F2N4O/c20-16-8-15(9-22-10-16)18-5-6-23-25(18)19(26)24-11-13(12-24)7-14-3-1-2-4-17(14)21/h1-4,6-10,18H,5,11-12H2. The minimum Gasteiger partial charge on any atom is -0.315 e. The molecule has 1 fully saturated rings. The summed E-state index contributed by atoms with van der Waals surface area (Å²) in [5, 5.41) is 5.49. The lowest BCUT2D eigenvalue weighted by atomic mass is 10.0. The summed E-state index contributed by atoms with van der Waals surface area (Å²) >= 11 is 0. The molecule has 3 heterocycles. The smallest absolute Gasteiger partial charge is 0.315 e. The number of hydrogen-bond donors (Lipinski definition) is 0. The number of urea groups is 1. The Kier molecular flexibility index (Phi) is 4.20. The number of rotatable bonds is 2. The number of carbonyl (C=O) groups excluding carboxylic acids is 1. The van der Waals surface area contributed by atoms with Crippen LogP contribution in [0.5, 0.6) is 0 Å². The first-order valence-corrected chi connectivity index (χ1v) is 8.27. The Labute approximate surface area is 149 Å². The summed E-state index contributed by atoms with van der Waals surface area (Å²) in [4.78, 5) is 18.1. The highest BCUT2D eigenvalue weighted by atomic mass is 19.1. The summed E-state index contributed by atoms with van der Waals surface area (Å²) < 4.78 is 27.1. The predicted octanol–water partition coefficient (Wildman–Crippen LogP) is 3.61. The molecule has 2 aliphatic heterocycles. The van der Waals surface area contributed by atoms with Crippen molar-refractivity contribution >= 4 is 18.3 Å². The van der Waals surface area contributed by atoms with Crippen LogP contribution in [0.3, 0.4) is 0 Å². The highest BCUT2D eigenvalue weighted by Crippen LogP contribution is 2.31. The summed E-state index contributed by atoms with van der Waals surface area (Å²) in [5.41, 5.74) is 2.09. The molecule has 5 nitrogen and oxygen atoms in total. The van der Waals surface area contributed by atoms with E-state index >= 15 is 0 Å². The average molecular weight is 354 g/mol. The second-order valence-corrected chi connectivity index (χ2v) is 6.29. The third-order valence-electron chi connectivity index (χ3n) is 4.46. The maximum absolute atomic E-state index is 13.7. The monoisotopic (exact) mass is 354 g/mol. The van der Waals surface area contributed by atoms with Crippen molar-refractivity contribution in [2.45, 2.75) is 12.5 Å². The molecule has 4 rings (SSSR count). The summed E-state index contributed by atoms with van der Waals surface area (Å²) in [6.45, 7) is 0.848. The molecule has 1 unspecified atom stereocenters. The van der Waals surface area contributed by atoms with E-state index in [9.17, 15) is 13.6 Å². The van der Waals surface area contributed by atoms with E-state index in [1.807, 2.05) is 0 Å². The molecule has 0 radical (unpaired) electrons. The van der Waals surface area contributed by atoms with Gasteiger partial charge in [-0.1, -0.05) is 18.2 Å². The van der Waals surface area contributed by atoms with Gasteiger partial charge in [-0.3, -0.25) is 4.98 Å². The molecule has 2 amide bonds. The van der Waals surface area contributed by atoms with Crippen LogP contribution in [0.2, 0.25) is 0 Å². The molecule has 1 aromatic heterocycles. The molecule has 0 saturated carbocycles. The molecule has 1 aromatic carbocycles. The minimum absolute atomic E-state index is 0.251. The number of benzene rings is 1. The number of nitrogens with zero attached hydrogens (tertiary/aromatic N) is 4. The van der Waals surface area contributed by atoms with Crippen molar-refractivity contribution in [2.24, 2.45) is 5.10 Å². The number of aromatic nitrogens is 1. The molecular formula is C19H16F2N4O. The summed E-state index contributed by atoms with van der Waals surface area (Å²) in [6.07, 6.45) is 6.59. The van der Waals surface area contributed by atoms with Gasteiger partial charge in [-0.2, -0.15) is 5.10 Å². The second kappa shape index (κ2) is 6.67. The zero-order chi connectivity index (χ0) is 18.1. The van der Waals surface area contributed by atoms with Gasteiger partial charge in [-0.15, -0.1) is 0 Å². The number of amides is 2. The number of carbonyl (C=O) groups is 1. The van der Waals surface area contributed by atoms with Crippen molar-refractivity contribution in [1.82, 2.24) is 14.9 Å². The van der Waals surface area contributed by atoms with Crippen LogP contribution in [0, 0.1) is 11.6 Å². The Hall–Kier alpha value is -3.09. The van der Waals surface area contributed by atoms with Crippen LogP contribution in [0.25, 0.3) is 6.08 Å². The van der Waals surface area contributed by atoms with Crippen LogP contribution in [0.1, 0.15) is 23.6 Å². The van der Waals surface area contributed by atoms with Crippen molar-refractivity contribution in [3.05, 3.63) is 71.1 Å². The van der Waals surface area contributed by atoms with Crippen LogP contribution in [-0.2, 0) is 0 Å². The van der Waals surface area contributed by atoms with E-state index in [-0.39, 0.29) is 17.9 Å². The van der Waals surface area contributed by atoms with Gasteiger partial charge in [0.1, 0.15) is 11.6 Å². The van der Waals surface area contributed by atoms with Crippen LogP contribution < -0.4 is 0 Å². The predicted molar refractivity (Wildman–Crippen MR) is 93.2 cm³/mol. The van der Waals surface area contributed by atoms with E-state index in [0.717, 1.165) is 11.8 Å². The fourth-order valence-electron chi connectivity index (χ4n) is 3.11. The van der Waals surface area contributed by atoms with Gasteiger partial charge in [0, 0.05) is 37.5 Å². The fourth-order valence-corrected chi connectivity index (χ4v) is 3.11. The molecule has 7 heteroatoms. The second-order valence-electron chi connectivity index (χ2n) is 6.29. The highest BCUT2D eigenvalue weighted by Gasteiger charge is 2.35. The van der Waals surface area contributed by atoms with E-state index in [4.69, 9.17) is 0 Å². The highest BCUT2D eigenvalue weighted by molar-refractivity contribution is 5.80. The third-order valence-corrected chi connectivity index (χ3v) is 4.46. The fraction of sp³-hybridized carbons (Fsp3) is 0.211. The van der Waals surface area contributed by atoms with Crippen molar-refractivity contribution in [3.63, 3.8) is 0 Å². The van der Waals surface area contributed by atoms with E-state index < -0.39 is 5.82 Å². The number of halogens is 2. The Balaban J connectivity index is 1.44. The minimum atomic E-state index is -0.444. The van der Waals surface area contributed by atoms with E-state index in [1.54, 1.807) is 41.6 Å². The molecule has 0 bridgehead atoms. The van der Waals surface area contributed by atoms with Gasteiger partial charge in [0.2, 0.25) is 0 Å². The molecule has 0 spiro atoms. The summed E-state index contributed by atoms with van der Waals surface area (Å²) in [5.74, 6) is -0.728. The summed E-state index contributed by atoms with van der Waals surface area (Å²) in [7, 11) is 0. The van der Waals surface area contributed by atoms with Crippen LogP contribution >= 0.6 is 0 Å². The molecule has 26 heavy (non-hydrogen) atoms. The van der Waals surface area contributed by atoms with Gasteiger partial charge in [0.05, 0.1) is 12.2 Å². The zero-order valence-electron chi connectivity index (χ0n) is 13.8. The average Bonchev–Trinajstić information content (AvgIpc) is 3.08. The molecule has 2 aromatic rings. The van der Waals surface area contributed by atoms with E-state index in [2.05, 4.69) is 10.1 Å². The number of hydrazone groups is 1. The first kappa shape index (κ1) is 16.4. The van der Waals surface area contributed by atoms with Crippen LogP contribution in [-0.4, -0.2) is 40.2 Å². The van der Waals surface area contributed by atoms with Gasteiger partial charge in [-0.05, 0) is 29.3 Å². The molecule has 1 atom stereocenters. The van der Waals surface area contributed by atoms with E-state index in [0.29, 0.717) is 30.6 Å². The normalized spacial score (nSPS) is 18.8. The zero-order valence-corrected chi connectivity index (χ0v) is 13.8. The lowest BCUT2D eigenvalue weighted by Crippen LogP contribution is -2.49. The van der Waals surface area contributed by atoms with Crippen LogP contribution in [0.15, 0.2) is 53.4 Å². The Bertz CT molecular complexity index is 904. The molecule has 2 aliphatic rings. The molecular weight excluding hydrogens is 338 g/mol. The van der Waals surface area contributed by atoms with Gasteiger partial charge >= 0.3 is 6.03 Å². The number of pyridine rings is 1. The first-order chi connectivity index (χ1) is 12.6. The SMILES string of the molecule is O=C(N1CC(=Cc2ccccc2F)C1)N1N=CCC1c1cncc(F)c1. The van der Waals surface area contributed by atoms with Gasteiger partial charge in [-0.25, -0.2) is 18.6 Å². The number of hydrogen-bond acceptors (Lipinski definition) is 3. The molecule has 1 saturated heterocycles. The lowest BCUT2D eigenvalue weighted by Gasteiger charge is -2.37. The van der Waals surface area contributed by atoms with Crippen molar-refractivity contribution in [1.29, 1.82) is 0 Å². The van der Waals surface area contributed by atoms with Gasteiger partial charge < -0.3 is 4.90 Å². The molecule has 132 valence electrons. The number of likely N-dealkylation sites (tertiary alicyclic amines) is 1. The van der Waals surface area contributed by atoms with Gasteiger partial charge in [0.15, 0.2) is 0 Å². The molecule has 0 aliphatic carbocycles. The van der Waals surface area contributed by atoms with Crippen molar-refractivity contribution in [2.75, 3.05) is 13.1 Å². The van der Waals surface area contributed by atoms with Crippen molar-refractivity contribution in [3.8, 4) is 0 Å². The largest absolute Gasteiger partial charge is 0.341 e. The molecule has 0 N–H and O–H groups in total. The quantitative estimate of drug-likeness (QED) is 0.827. The Morgan fingerprint density at radius 1 is 1.19 bits per heavy atom. The first-order valence-electron chi connectivity index (χ1n) is 8.27.